The number of carbonyl (C=O) groups excluding carboxylic acids is 1. The normalized spacial score (nSPS) is 18.2. The van der Waals surface area contributed by atoms with Crippen LogP contribution >= 0.6 is 0 Å². The monoisotopic (exact) mass is 482 g/mol. The summed E-state index contributed by atoms with van der Waals surface area (Å²) in [4.78, 5) is 28.0. The van der Waals surface area contributed by atoms with Gasteiger partial charge in [-0.1, -0.05) is 6.07 Å². The van der Waals surface area contributed by atoms with E-state index in [1.54, 1.807) is 34.1 Å². The molecule has 5 heterocycles. The van der Waals surface area contributed by atoms with Gasteiger partial charge >= 0.3 is 6.18 Å². The zero-order valence-corrected chi connectivity index (χ0v) is 18.7. The average molecular weight is 482 g/mol. The highest BCUT2D eigenvalue weighted by Crippen LogP contribution is 2.35. The van der Waals surface area contributed by atoms with Crippen LogP contribution in [0.3, 0.4) is 0 Å². The van der Waals surface area contributed by atoms with Crippen LogP contribution < -0.4 is 4.74 Å². The number of rotatable bonds is 5. The van der Waals surface area contributed by atoms with Crippen molar-refractivity contribution in [3.8, 4) is 17.4 Å². The number of carbonyl (C=O) groups is 1. The van der Waals surface area contributed by atoms with E-state index in [9.17, 15) is 18.0 Å². The van der Waals surface area contributed by atoms with Crippen LogP contribution in [0.2, 0.25) is 0 Å². The molecular weight excluding hydrogens is 461 g/mol. The third kappa shape index (κ3) is 4.29. The van der Waals surface area contributed by atoms with E-state index < -0.39 is 17.3 Å². The van der Waals surface area contributed by atoms with Gasteiger partial charge in [0, 0.05) is 37.4 Å². The molecule has 1 aliphatic heterocycles. The maximum Gasteiger partial charge on any atom is 0.417 e. The summed E-state index contributed by atoms with van der Waals surface area (Å²) in [6, 6.07) is 9.24. The maximum absolute atomic E-state index is 13.9. The van der Waals surface area contributed by atoms with Crippen LogP contribution in [0, 0.1) is 0 Å². The lowest BCUT2D eigenvalue weighted by molar-refractivity contribution is -0.137. The van der Waals surface area contributed by atoms with E-state index in [2.05, 4.69) is 20.1 Å². The number of alkyl halides is 3. The molecule has 4 aromatic rings. The van der Waals surface area contributed by atoms with E-state index in [4.69, 9.17) is 4.74 Å². The Balaban J connectivity index is 1.43. The number of amides is 1. The second-order valence-corrected chi connectivity index (χ2v) is 8.56. The van der Waals surface area contributed by atoms with Crippen molar-refractivity contribution in [3.63, 3.8) is 0 Å². The number of nitrogens with zero attached hydrogens (tertiary/aromatic N) is 6. The Labute approximate surface area is 198 Å². The van der Waals surface area contributed by atoms with Gasteiger partial charge in [0.15, 0.2) is 5.82 Å². The molecule has 1 fully saturated rings. The first-order chi connectivity index (χ1) is 16.8. The molecule has 0 radical (unpaired) electrons. The fraction of sp³-hybridized carbons (Fsp3) is 0.292. The van der Waals surface area contributed by atoms with Gasteiger partial charge in [-0.15, -0.1) is 0 Å². The molecule has 0 aliphatic carbocycles. The van der Waals surface area contributed by atoms with Gasteiger partial charge in [-0.25, -0.2) is 19.5 Å². The van der Waals surface area contributed by atoms with Crippen molar-refractivity contribution >= 4 is 11.4 Å². The minimum atomic E-state index is -4.47. The molecule has 5 rings (SSSR count). The quantitative estimate of drug-likeness (QED) is 0.422. The SMILES string of the molecule is C[C@@]1(COc2ccc(C(F)(F)F)cn2)CCCN1C(=O)c1c(-c2ncccn2)nn2ccccc12. The maximum atomic E-state index is 13.9. The molecule has 1 saturated heterocycles. The Morgan fingerprint density at radius 2 is 1.91 bits per heavy atom. The predicted molar refractivity (Wildman–Crippen MR) is 120 cm³/mol. The topological polar surface area (TPSA) is 85.5 Å². The lowest BCUT2D eigenvalue weighted by Crippen LogP contribution is -2.49. The van der Waals surface area contributed by atoms with Crippen molar-refractivity contribution in [2.75, 3.05) is 13.2 Å². The van der Waals surface area contributed by atoms with Gasteiger partial charge in [-0.2, -0.15) is 18.3 Å². The molecule has 0 bridgehead atoms. The Morgan fingerprint density at radius 3 is 2.63 bits per heavy atom. The second-order valence-electron chi connectivity index (χ2n) is 8.56. The van der Waals surface area contributed by atoms with E-state index in [1.165, 1.54) is 6.07 Å². The molecule has 0 N–H and O–H groups in total. The van der Waals surface area contributed by atoms with Gasteiger partial charge < -0.3 is 9.64 Å². The van der Waals surface area contributed by atoms with Crippen molar-refractivity contribution in [3.05, 3.63) is 72.3 Å². The van der Waals surface area contributed by atoms with Crippen LogP contribution in [-0.2, 0) is 6.18 Å². The fourth-order valence-corrected chi connectivity index (χ4v) is 4.30. The number of halogens is 3. The lowest BCUT2D eigenvalue weighted by Gasteiger charge is -2.35. The summed E-state index contributed by atoms with van der Waals surface area (Å²) in [5.74, 6) is 0.163. The molecular formula is C24H21F3N6O2. The van der Waals surface area contributed by atoms with Crippen LogP contribution in [-0.4, -0.2) is 54.1 Å². The number of ether oxygens (including phenoxy) is 1. The van der Waals surface area contributed by atoms with Crippen molar-refractivity contribution in [2.24, 2.45) is 0 Å². The van der Waals surface area contributed by atoms with Crippen LogP contribution in [0.1, 0.15) is 35.7 Å². The van der Waals surface area contributed by atoms with Gasteiger partial charge in [0.2, 0.25) is 5.88 Å². The molecule has 8 nitrogen and oxygen atoms in total. The Morgan fingerprint density at radius 1 is 1.11 bits per heavy atom. The van der Waals surface area contributed by atoms with Crippen LogP contribution in [0.15, 0.2) is 61.2 Å². The first-order valence-corrected chi connectivity index (χ1v) is 11.0. The number of hydrogen-bond acceptors (Lipinski definition) is 6. The number of fused-ring (bicyclic) bond motifs is 1. The summed E-state index contributed by atoms with van der Waals surface area (Å²) in [6.07, 6.45) is 2.61. The molecule has 0 spiro atoms. The number of pyridine rings is 2. The second kappa shape index (κ2) is 8.64. The van der Waals surface area contributed by atoms with E-state index in [-0.39, 0.29) is 18.4 Å². The van der Waals surface area contributed by atoms with Gasteiger partial charge in [-0.3, -0.25) is 4.79 Å². The van der Waals surface area contributed by atoms with E-state index in [1.807, 2.05) is 25.1 Å². The molecule has 1 atom stereocenters. The zero-order valence-electron chi connectivity index (χ0n) is 18.7. The molecule has 11 heteroatoms. The highest BCUT2D eigenvalue weighted by molar-refractivity contribution is 6.06. The molecule has 1 amide bonds. The molecule has 35 heavy (non-hydrogen) atoms. The summed E-state index contributed by atoms with van der Waals surface area (Å²) >= 11 is 0. The summed E-state index contributed by atoms with van der Waals surface area (Å²) in [5.41, 5.74) is -0.157. The van der Waals surface area contributed by atoms with Crippen molar-refractivity contribution in [1.82, 2.24) is 29.5 Å². The van der Waals surface area contributed by atoms with E-state index in [0.717, 1.165) is 18.7 Å². The first kappa shape index (κ1) is 22.8. The third-order valence-electron chi connectivity index (χ3n) is 6.12. The summed E-state index contributed by atoms with van der Waals surface area (Å²) in [5, 5.41) is 4.56. The van der Waals surface area contributed by atoms with Gasteiger partial charge in [0.25, 0.3) is 5.91 Å². The third-order valence-corrected chi connectivity index (χ3v) is 6.12. The van der Waals surface area contributed by atoms with Gasteiger partial charge in [0.05, 0.1) is 22.2 Å². The summed E-state index contributed by atoms with van der Waals surface area (Å²) < 4.78 is 45.8. The molecule has 0 unspecified atom stereocenters. The standard InChI is InChI=1S/C24H21F3N6O2/c1-23(15-35-18-8-7-16(14-30-18)24(25,26)27)9-4-12-32(23)22(34)19-17-6-2-3-13-33(17)31-20(19)21-28-10-5-11-29-21/h2-3,5-8,10-11,13-14H,4,9,12,15H2,1H3/t23-/m0/s1. The van der Waals surface area contributed by atoms with Crippen molar-refractivity contribution < 1.29 is 22.7 Å². The Kier molecular flexibility index (Phi) is 5.62. The minimum absolute atomic E-state index is 0.0629. The molecule has 4 aromatic heterocycles. The van der Waals surface area contributed by atoms with Gasteiger partial charge in [-0.05, 0) is 44.0 Å². The smallest absolute Gasteiger partial charge is 0.417 e. The van der Waals surface area contributed by atoms with Crippen LogP contribution in [0.5, 0.6) is 5.88 Å². The van der Waals surface area contributed by atoms with E-state index in [0.29, 0.717) is 35.6 Å². The predicted octanol–water partition coefficient (Wildman–Crippen LogP) is 4.28. The number of aromatic nitrogens is 5. The minimum Gasteiger partial charge on any atom is -0.475 e. The highest BCUT2D eigenvalue weighted by Gasteiger charge is 2.42. The average Bonchev–Trinajstić information content (AvgIpc) is 3.44. The lowest BCUT2D eigenvalue weighted by atomic mass is 9.99. The molecule has 0 saturated carbocycles. The van der Waals surface area contributed by atoms with Crippen LogP contribution in [0.4, 0.5) is 13.2 Å². The van der Waals surface area contributed by atoms with Gasteiger partial charge in [0.1, 0.15) is 12.3 Å². The first-order valence-electron chi connectivity index (χ1n) is 11.0. The summed E-state index contributed by atoms with van der Waals surface area (Å²) in [7, 11) is 0. The van der Waals surface area contributed by atoms with Crippen molar-refractivity contribution in [1.29, 1.82) is 0 Å². The highest BCUT2D eigenvalue weighted by atomic mass is 19.4. The number of hydrogen-bond donors (Lipinski definition) is 0. The largest absolute Gasteiger partial charge is 0.475 e. The zero-order chi connectivity index (χ0) is 24.6. The Bertz CT molecular complexity index is 1360. The summed E-state index contributed by atoms with van der Waals surface area (Å²) in [6.45, 7) is 2.47. The Hall–Kier alpha value is -4.02. The van der Waals surface area contributed by atoms with Crippen molar-refractivity contribution in [2.45, 2.75) is 31.5 Å². The molecule has 0 aromatic carbocycles. The van der Waals surface area contributed by atoms with E-state index >= 15 is 0 Å². The molecule has 180 valence electrons. The molecule has 1 aliphatic rings. The fourth-order valence-electron chi connectivity index (χ4n) is 4.30. The number of likely N-dealkylation sites (tertiary alicyclic amines) is 1. The van der Waals surface area contributed by atoms with Crippen LogP contribution in [0.25, 0.3) is 17.0 Å².